The molecule has 19 heavy (non-hydrogen) atoms. The Morgan fingerprint density at radius 3 is 2.68 bits per heavy atom. The Balaban J connectivity index is 1.53. The van der Waals surface area contributed by atoms with Crippen LogP contribution >= 0.6 is 27.5 Å². The van der Waals surface area contributed by atoms with Crippen molar-refractivity contribution in [3.8, 4) is 0 Å². The zero-order valence-corrected chi connectivity index (χ0v) is 13.3. The van der Waals surface area contributed by atoms with Gasteiger partial charge < -0.3 is 10.2 Å². The van der Waals surface area contributed by atoms with Crippen LogP contribution in [0, 0.1) is 5.92 Å². The van der Waals surface area contributed by atoms with Crippen molar-refractivity contribution >= 4 is 33.3 Å². The second kappa shape index (κ2) is 5.98. The first-order valence-electron chi connectivity index (χ1n) is 7.02. The fraction of sp³-hybridized carbons (Fsp3) is 0.643. The van der Waals surface area contributed by atoms with Gasteiger partial charge in [0.15, 0.2) is 0 Å². The standard InChI is InChI=1S/C14H19BrClN3/c15-13-7-11(16)9-18-14(13)19-5-3-12(4-6-19)17-8-10-1-2-10/h7,9-10,12,17H,1-6,8H2. The van der Waals surface area contributed by atoms with E-state index in [9.17, 15) is 0 Å². The Hall–Kier alpha value is -0.320. The van der Waals surface area contributed by atoms with Crippen molar-refractivity contribution in [1.82, 2.24) is 10.3 Å². The van der Waals surface area contributed by atoms with E-state index < -0.39 is 0 Å². The van der Waals surface area contributed by atoms with E-state index in [0.717, 1.165) is 29.3 Å². The highest BCUT2D eigenvalue weighted by molar-refractivity contribution is 9.10. The van der Waals surface area contributed by atoms with Crippen molar-refractivity contribution in [1.29, 1.82) is 0 Å². The van der Waals surface area contributed by atoms with Crippen LogP contribution in [-0.4, -0.2) is 30.7 Å². The Morgan fingerprint density at radius 2 is 2.05 bits per heavy atom. The van der Waals surface area contributed by atoms with Gasteiger partial charge in [-0.25, -0.2) is 4.98 Å². The summed E-state index contributed by atoms with van der Waals surface area (Å²) in [7, 11) is 0. The maximum Gasteiger partial charge on any atom is 0.142 e. The number of nitrogens with one attached hydrogen (secondary N) is 1. The molecule has 3 nitrogen and oxygen atoms in total. The molecule has 5 heteroatoms. The average Bonchev–Trinajstić information content (AvgIpc) is 3.21. The SMILES string of the molecule is Clc1cnc(N2CCC(NCC3CC3)CC2)c(Br)c1. The second-order valence-corrected chi connectivity index (χ2v) is 6.86. The summed E-state index contributed by atoms with van der Waals surface area (Å²) < 4.78 is 0.990. The molecule has 1 aliphatic heterocycles. The van der Waals surface area contributed by atoms with Crippen LogP contribution in [0.3, 0.4) is 0 Å². The first-order valence-corrected chi connectivity index (χ1v) is 8.19. The summed E-state index contributed by atoms with van der Waals surface area (Å²) in [5.41, 5.74) is 0. The Morgan fingerprint density at radius 1 is 1.32 bits per heavy atom. The third kappa shape index (κ3) is 3.61. The summed E-state index contributed by atoms with van der Waals surface area (Å²) >= 11 is 9.49. The molecule has 1 aromatic rings. The molecule has 1 saturated carbocycles. The van der Waals surface area contributed by atoms with E-state index >= 15 is 0 Å². The molecule has 1 saturated heterocycles. The molecule has 0 spiro atoms. The van der Waals surface area contributed by atoms with E-state index in [0.29, 0.717) is 11.1 Å². The van der Waals surface area contributed by atoms with Gasteiger partial charge in [0.25, 0.3) is 0 Å². The Labute approximate surface area is 127 Å². The molecule has 0 aromatic carbocycles. The van der Waals surface area contributed by atoms with Gasteiger partial charge in [0.05, 0.1) is 9.50 Å². The molecule has 3 rings (SSSR count). The van der Waals surface area contributed by atoms with E-state index in [2.05, 4.69) is 31.1 Å². The molecule has 2 aliphatic rings. The summed E-state index contributed by atoms with van der Waals surface area (Å²) in [6, 6.07) is 2.60. The van der Waals surface area contributed by atoms with Crippen LogP contribution in [0.25, 0.3) is 0 Å². The van der Waals surface area contributed by atoms with Crippen LogP contribution in [0.1, 0.15) is 25.7 Å². The van der Waals surface area contributed by atoms with E-state index in [4.69, 9.17) is 11.6 Å². The van der Waals surface area contributed by atoms with Crippen LogP contribution in [0.5, 0.6) is 0 Å². The Kier molecular flexibility index (Phi) is 4.30. The average molecular weight is 345 g/mol. The minimum atomic E-state index is 0.677. The molecule has 2 heterocycles. The van der Waals surface area contributed by atoms with E-state index in [1.54, 1.807) is 6.20 Å². The molecule has 0 radical (unpaired) electrons. The fourth-order valence-electron chi connectivity index (χ4n) is 2.59. The third-order valence-electron chi connectivity index (χ3n) is 3.98. The maximum atomic E-state index is 5.93. The normalized spacial score (nSPS) is 20.8. The number of nitrogens with zero attached hydrogens (tertiary/aromatic N) is 2. The van der Waals surface area contributed by atoms with Crippen LogP contribution in [0.15, 0.2) is 16.7 Å². The minimum absolute atomic E-state index is 0.677. The van der Waals surface area contributed by atoms with Gasteiger partial charge in [-0.1, -0.05) is 11.6 Å². The van der Waals surface area contributed by atoms with Gasteiger partial charge in [0.1, 0.15) is 5.82 Å². The van der Waals surface area contributed by atoms with Crippen molar-refractivity contribution in [3.05, 3.63) is 21.8 Å². The van der Waals surface area contributed by atoms with Gasteiger partial charge in [-0.05, 0) is 60.1 Å². The smallest absolute Gasteiger partial charge is 0.142 e. The highest BCUT2D eigenvalue weighted by atomic mass is 79.9. The molecule has 0 amide bonds. The van der Waals surface area contributed by atoms with Gasteiger partial charge in [0, 0.05) is 25.3 Å². The Bertz CT molecular complexity index is 442. The van der Waals surface area contributed by atoms with Gasteiger partial charge in [-0.15, -0.1) is 0 Å². The molecule has 0 unspecified atom stereocenters. The zero-order chi connectivity index (χ0) is 13.2. The van der Waals surface area contributed by atoms with Crippen molar-refractivity contribution in [2.24, 2.45) is 5.92 Å². The predicted molar refractivity (Wildman–Crippen MR) is 82.9 cm³/mol. The van der Waals surface area contributed by atoms with Gasteiger partial charge in [-0.2, -0.15) is 0 Å². The number of pyridine rings is 1. The van der Waals surface area contributed by atoms with Crippen molar-refractivity contribution in [3.63, 3.8) is 0 Å². The van der Waals surface area contributed by atoms with Crippen LogP contribution in [0.2, 0.25) is 5.02 Å². The lowest BCUT2D eigenvalue weighted by Crippen LogP contribution is -2.43. The number of hydrogen-bond donors (Lipinski definition) is 1. The van der Waals surface area contributed by atoms with E-state index in [1.165, 1.54) is 32.2 Å². The third-order valence-corrected chi connectivity index (χ3v) is 4.77. The number of hydrogen-bond acceptors (Lipinski definition) is 3. The minimum Gasteiger partial charge on any atom is -0.356 e. The number of piperidine rings is 1. The molecule has 1 N–H and O–H groups in total. The summed E-state index contributed by atoms with van der Waals surface area (Å²) in [4.78, 5) is 6.78. The number of anilines is 1. The van der Waals surface area contributed by atoms with E-state index in [1.807, 2.05) is 6.07 Å². The molecule has 0 atom stereocenters. The van der Waals surface area contributed by atoms with Gasteiger partial charge >= 0.3 is 0 Å². The molecule has 1 aliphatic carbocycles. The monoisotopic (exact) mass is 343 g/mol. The second-order valence-electron chi connectivity index (χ2n) is 5.57. The largest absolute Gasteiger partial charge is 0.356 e. The quantitative estimate of drug-likeness (QED) is 0.906. The molecule has 1 aromatic heterocycles. The molecule has 2 fully saturated rings. The van der Waals surface area contributed by atoms with Crippen LogP contribution < -0.4 is 10.2 Å². The number of aromatic nitrogens is 1. The highest BCUT2D eigenvalue weighted by Gasteiger charge is 2.25. The van der Waals surface area contributed by atoms with Crippen molar-refractivity contribution < 1.29 is 0 Å². The lowest BCUT2D eigenvalue weighted by molar-refractivity contribution is 0.407. The fourth-order valence-corrected chi connectivity index (χ4v) is 3.48. The number of halogens is 2. The molecule has 104 valence electrons. The van der Waals surface area contributed by atoms with Gasteiger partial charge in [0.2, 0.25) is 0 Å². The predicted octanol–water partition coefficient (Wildman–Crippen LogP) is 3.47. The molecular formula is C14H19BrClN3. The van der Waals surface area contributed by atoms with Gasteiger partial charge in [-0.3, -0.25) is 0 Å². The summed E-state index contributed by atoms with van der Waals surface area (Å²) in [6.07, 6.45) is 6.97. The van der Waals surface area contributed by atoms with Crippen molar-refractivity contribution in [2.45, 2.75) is 31.7 Å². The maximum absolute atomic E-state index is 5.93. The first-order chi connectivity index (χ1) is 9.22. The van der Waals surface area contributed by atoms with Crippen LogP contribution in [-0.2, 0) is 0 Å². The number of rotatable bonds is 4. The topological polar surface area (TPSA) is 28.2 Å². The molecule has 0 bridgehead atoms. The highest BCUT2D eigenvalue weighted by Crippen LogP contribution is 2.30. The summed E-state index contributed by atoms with van der Waals surface area (Å²) in [5.74, 6) is 1.98. The molecular weight excluding hydrogens is 326 g/mol. The zero-order valence-electron chi connectivity index (χ0n) is 10.9. The summed E-state index contributed by atoms with van der Waals surface area (Å²) in [6.45, 7) is 3.35. The van der Waals surface area contributed by atoms with Crippen LogP contribution in [0.4, 0.5) is 5.82 Å². The summed E-state index contributed by atoms with van der Waals surface area (Å²) in [5, 5.41) is 4.38. The van der Waals surface area contributed by atoms with E-state index in [-0.39, 0.29) is 0 Å². The lowest BCUT2D eigenvalue weighted by atomic mass is 10.0. The van der Waals surface area contributed by atoms with Crippen molar-refractivity contribution in [2.75, 3.05) is 24.5 Å². The first kappa shape index (κ1) is 13.7. The lowest BCUT2D eigenvalue weighted by Gasteiger charge is -2.33.